The number of hydrogen-bond acceptors (Lipinski definition) is 3. The summed E-state index contributed by atoms with van der Waals surface area (Å²) in [5.74, 6) is -0.0820. The number of carbonyl (C=O) groups is 1. The highest BCUT2D eigenvalue weighted by Crippen LogP contribution is 2.54. The van der Waals surface area contributed by atoms with E-state index >= 15 is 0 Å². The van der Waals surface area contributed by atoms with E-state index in [1.54, 1.807) is 7.11 Å². The molecule has 3 heteroatoms. The van der Waals surface area contributed by atoms with Crippen molar-refractivity contribution >= 4 is 5.97 Å². The van der Waals surface area contributed by atoms with Crippen LogP contribution in [0.15, 0.2) is 0 Å². The fourth-order valence-corrected chi connectivity index (χ4v) is 2.80. The van der Waals surface area contributed by atoms with Crippen LogP contribution in [-0.4, -0.2) is 24.8 Å². The van der Waals surface area contributed by atoms with Crippen molar-refractivity contribution in [1.29, 1.82) is 0 Å². The van der Waals surface area contributed by atoms with E-state index in [0.717, 1.165) is 19.3 Å². The van der Waals surface area contributed by atoms with Crippen LogP contribution in [0.2, 0.25) is 0 Å². The summed E-state index contributed by atoms with van der Waals surface area (Å²) in [5.41, 5.74) is -0.703. The maximum Gasteiger partial charge on any atom is 0.316 e. The highest BCUT2D eigenvalue weighted by atomic mass is 16.6. The van der Waals surface area contributed by atoms with Gasteiger partial charge in [0.15, 0.2) is 5.60 Å². The minimum absolute atomic E-state index is 0.0820. The Morgan fingerprint density at radius 3 is 2.64 bits per heavy atom. The molecule has 2 fully saturated rings. The van der Waals surface area contributed by atoms with Gasteiger partial charge in [0.2, 0.25) is 0 Å². The third-order valence-corrected chi connectivity index (χ3v) is 3.91. The molecular weight excluding hydrogens is 180 g/mol. The first kappa shape index (κ1) is 9.97. The van der Waals surface area contributed by atoms with Gasteiger partial charge in [-0.15, -0.1) is 0 Å². The topological polar surface area (TPSA) is 35.5 Å². The van der Waals surface area contributed by atoms with Crippen molar-refractivity contribution in [2.75, 3.05) is 7.11 Å². The van der Waals surface area contributed by atoms with Gasteiger partial charge in [-0.05, 0) is 33.1 Å². The lowest BCUT2D eigenvalue weighted by Crippen LogP contribution is -2.70. The summed E-state index contributed by atoms with van der Waals surface area (Å²) in [6.45, 7) is 3.94. The first-order chi connectivity index (χ1) is 6.54. The van der Waals surface area contributed by atoms with Crippen LogP contribution in [0.5, 0.6) is 0 Å². The Morgan fingerprint density at radius 1 is 1.43 bits per heavy atom. The number of hydrogen-bond donors (Lipinski definition) is 0. The van der Waals surface area contributed by atoms with Gasteiger partial charge >= 0.3 is 5.97 Å². The van der Waals surface area contributed by atoms with Gasteiger partial charge in [0.1, 0.15) is 5.41 Å². The van der Waals surface area contributed by atoms with Crippen LogP contribution in [0.4, 0.5) is 0 Å². The van der Waals surface area contributed by atoms with E-state index in [1.807, 2.05) is 13.8 Å². The maximum atomic E-state index is 11.4. The largest absolute Gasteiger partial charge is 0.455 e. The summed E-state index contributed by atoms with van der Waals surface area (Å²) in [5, 5.41) is 0. The lowest BCUT2D eigenvalue weighted by atomic mass is 9.61. The Balaban J connectivity index is 2.25. The van der Waals surface area contributed by atoms with Crippen LogP contribution >= 0.6 is 0 Å². The summed E-state index contributed by atoms with van der Waals surface area (Å²) in [4.78, 5) is 11.4. The van der Waals surface area contributed by atoms with Gasteiger partial charge in [-0.2, -0.15) is 0 Å². The Labute approximate surface area is 84.8 Å². The van der Waals surface area contributed by atoms with E-state index in [0.29, 0.717) is 0 Å². The molecule has 0 aromatic heterocycles. The lowest BCUT2D eigenvalue weighted by molar-refractivity contribution is -0.274. The Kier molecular flexibility index (Phi) is 2.11. The van der Waals surface area contributed by atoms with Gasteiger partial charge < -0.3 is 9.47 Å². The van der Waals surface area contributed by atoms with Gasteiger partial charge in [-0.25, -0.2) is 0 Å². The van der Waals surface area contributed by atoms with Gasteiger partial charge in [0.05, 0.1) is 6.10 Å². The monoisotopic (exact) mass is 198 g/mol. The van der Waals surface area contributed by atoms with Crippen LogP contribution in [0.25, 0.3) is 0 Å². The minimum atomic E-state index is -0.367. The summed E-state index contributed by atoms with van der Waals surface area (Å²) in [6.07, 6.45) is 4.35. The molecule has 1 saturated heterocycles. The normalized spacial score (nSPS) is 40.5. The van der Waals surface area contributed by atoms with Crippen LogP contribution < -0.4 is 0 Å². The summed E-state index contributed by atoms with van der Waals surface area (Å²) in [7, 11) is 1.71. The zero-order valence-corrected chi connectivity index (χ0v) is 9.13. The highest BCUT2D eigenvalue weighted by Gasteiger charge is 2.67. The van der Waals surface area contributed by atoms with E-state index in [-0.39, 0.29) is 23.1 Å². The van der Waals surface area contributed by atoms with Crippen LogP contribution in [0.3, 0.4) is 0 Å². The smallest absolute Gasteiger partial charge is 0.316 e. The third kappa shape index (κ3) is 0.991. The van der Waals surface area contributed by atoms with Crippen LogP contribution in [0, 0.1) is 5.41 Å². The van der Waals surface area contributed by atoms with E-state index in [9.17, 15) is 4.79 Å². The predicted molar refractivity (Wildman–Crippen MR) is 51.9 cm³/mol. The SMILES string of the molecule is CO[C@H]1CCCC[C@@]12OC(=O)C2(C)C. The molecule has 2 atom stereocenters. The van der Waals surface area contributed by atoms with Gasteiger partial charge in [-0.1, -0.05) is 6.42 Å². The molecule has 2 rings (SSSR count). The molecule has 1 aliphatic heterocycles. The lowest BCUT2D eigenvalue weighted by Gasteiger charge is -2.58. The fraction of sp³-hybridized carbons (Fsp3) is 0.909. The second-order valence-electron chi connectivity index (χ2n) is 4.87. The predicted octanol–water partition coefficient (Wildman–Crippen LogP) is 1.90. The number of methoxy groups -OCH3 is 1. The second kappa shape index (κ2) is 2.96. The van der Waals surface area contributed by atoms with E-state index < -0.39 is 0 Å². The quantitative estimate of drug-likeness (QED) is 0.604. The molecule has 2 aliphatic rings. The van der Waals surface area contributed by atoms with E-state index in [1.165, 1.54) is 6.42 Å². The second-order valence-corrected chi connectivity index (χ2v) is 4.87. The number of ether oxygens (including phenoxy) is 2. The Hall–Kier alpha value is -0.570. The first-order valence-corrected chi connectivity index (χ1v) is 5.31. The van der Waals surface area contributed by atoms with Crippen LogP contribution in [0.1, 0.15) is 39.5 Å². The van der Waals surface area contributed by atoms with Crippen LogP contribution in [-0.2, 0) is 14.3 Å². The maximum absolute atomic E-state index is 11.4. The van der Waals surface area contributed by atoms with Gasteiger partial charge in [0.25, 0.3) is 0 Å². The summed E-state index contributed by atoms with van der Waals surface area (Å²) >= 11 is 0. The molecule has 0 bridgehead atoms. The summed E-state index contributed by atoms with van der Waals surface area (Å²) in [6, 6.07) is 0. The third-order valence-electron chi connectivity index (χ3n) is 3.91. The van der Waals surface area contributed by atoms with Crippen molar-refractivity contribution in [3.8, 4) is 0 Å². The Morgan fingerprint density at radius 2 is 2.14 bits per heavy atom. The van der Waals surface area contributed by atoms with Crippen molar-refractivity contribution in [1.82, 2.24) is 0 Å². The number of carbonyl (C=O) groups excluding carboxylic acids is 1. The summed E-state index contributed by atoms with van der Waals surface area (Å²) < 4.78 is 10.9. The zero-order chi connectivity index (χ0) is 10.4. The minimum Gasteiger partial charge on any atom is -0.455 e. The molecule has 80 valence electrons. The number of esters is 1. The molecule has 0 aromatic carbocycles. The molecule has 1 spiro atoms. The van der Waals surface area contributed by atoms with Crippen molar-refractivity contribution in [3.05, 3.63) is 0 Å². The van der Waals surface area contributed by atoms with E-state index in [2.05, 4.69) is 0 Å². The molecule has 1 saturated carbocycles. The molecule has 0 aromatic rings. The van der Waals surface area contributed by atoms with Crippen molar-refractivity contribution in [3.63, 3.8) is 0 Å². The Bertz CT molecular complexity index is 259. The van der Waals surface area contributed by atoms with Crippen molar-refractivity contribution in [2.45, 2.75) is 51.2 Å². The molecule has 0 unspecified atom stereocenters. The zero-order valence-electron chi connectivity index (χ0n) is 9.13. The molecule has 1 heterocycles. The molecule has 3 nitrogen and oxygen atoms in total. The van der Waals surface area contributed by atoms with Gasteiger partial charge in [0, 0.05) is 7.11 Å². The molecule has 0 amide bonds. The molecule has 14 heavy (non-hydrogen) atoms. The first-order valence-electron chi connectivity index (χ1n) is 5.31. The van der Waals surface area contributed by atoms with E-state index in [4.69, 9.17) is 9.47 Å². The fourth-order valence-electron chi connectivity index (χ4n) is 2.80. The molecular formula is C11H18O3. The highest BCUT2D eigenvalue weighted by molar-refractivity contribution is 5.84. The molecule has 0 N–H and O–H groups in total. The molecule has 1 aliphatic carbocycles. The average molecular weight is 198 g/mol. The van der Waals surface area contributed by atoms with Crippen molar-refractivity contribution < 1.29 is 14.3 Å². The number of rotatable bonds is 1. The standard InChI is InChI=1S/C11H18O3/c1-10(2)9(12)14-11(10)7-5-4-6-8(11)13-3/h8H,4-7H2,1-3H3/t8-,11+/m0/s1. The molecule has 0 radical (unpaired) electrons. The van der Waals surface area contributed by atoms with Gasteiger partial charge in [-0.3, -0.25) is 4.79 Å². The van der Waals surface area contributed by atoms with Crippen molar-refractivity contribution in [2.24, 2.45) is 5.41 Å². The average Bonchev–Trinajstić information content (AvgIpc) is 2.18.